The smallest absolute Gasteiger partial charge is 0.260 e. The Balaban J connectivity index is 1.82. The van der Waals surface area contributed by atoms with E-state index in [-0.39, 0.29) is 5.91 Å². The molecule has 0 spiro atoms. The number of methoxy groups -OCH3 is 1. The minimum Gasteiger partial charge on any atom is -0.493 e. The van der Waals surface area contributed by atoms with Gasteiger partial charge in [0.05, 0.1) is 13.7 Å². The molecule has 29 heavy (non-hydrogen) atoms. The van der Waals surface area contributed by atoms with E-state index in [4.69, 9.17) is 14.2 Å². The zero-order chi connectivity index (χ0) is 21.4. The fourth-order valence-electron chi connectivity index (χ4n) is 3.16. The third-order valence-electron chi connectivity index (χ3n) is 4.91. The van der Waals surface area contributed by atoms with Gasteiger partial charge < -0.3 is 19.5 Å². The highest BCUT2D eigenvalue weighted by Gasteiger charge is 2.16. The summed E-state index contributed by atoms with van der Waals surface area (Å²) in [5.74, 6) is 2.15. The Morgan fingerprint density at radius 2 is 1.83 bits per heavy atom. The van der Waals surface area contributed by atoms with Crippen molar-refractivity contribution in [2.45, 2.75) is 53.6 Å². The van der Waals surface area contributed by atoms with Gasteiger partial charge in [-0.1, -0.05) is 12.1 Å². The van der Waals surface area contributed by atoms with Gasteiger partial charge in [-0.05, 0) is 87.9 Å². The molecule has 5 nitrogen and oxygen atoms in total. The Morgan fingerprint density at radius 1 is 1.07 bits per heavy atom. The van der Waals surface area contributed by atoms with Crippen molar-refractivity contribution in [3.05, 3.63) is 52.6 Å². The van der Waals surface area contributed by atoms with Crippen LogP contribution in [0.3, 0.4) is 0 Å². The van der Waals surface area contributed by atoms with Crippen LogP contribution in [0.1, 0.15) is 42.5 Å². The molecule has 0 radical (unpaired) electrons. The molecular formula is C24H33NO4. The van der Waals surface area contributed by atoms with Gasteiger partial charge in [0.2, 0.25) is 0 Å². The molecule has 158 valence electrons. The number of nitrogens with one attached hydrogen (secondary N) is 1. The van der Waals surface area contributed by atoms with Gasteiger partial charge in [-0.3, -0.25) is 4.79 Å². The highest BCUT2D eigenvalue weighted by molar-refractivity contribution is 5.80. The largest absolute Gasteiger partial charge is 0.493 e. The van der Waals surface area contributed by atoms with Gasteiger partial charge in [-0.25, -0.2) is 0 Å². The second-order valence-electron chi connectivity index (χ2n) is 7.28. The van der Waals surface area contributed by atoms with Crippen LogP contribution in [-0.2, 0) is 11.2 Å². The van der Waals surface area contributed by atoms with Gasteiger partial charge in [0.25, 0.3) is 5.91 Å². The molecule has 0 fully saturated rings. The summed E-state index contributed by atoms with van der Waals surface area (Å²) in [6.45, 7) is 11.0. The summed E-state index contributed by atoms with van der Waals surface area (Å²) < 4.78 is 16.8. The molecule has 0 aliphatic heterocycles. The normalized spacial score (nSPS) is 11.7. The molecule has 0 saturated carbocycles. The van der Waals surface area contributed by atoms with Crippen LogP contribution in [0.2, 0.25) is 0 Å². The number of hydrogen-bond acceptors (Lipinski definition) is 4. The van der Waals surface area contributed by atoms with E-state index in [1.807, 2.05) is 45.0 Å². The molecule has 2 aromatic carbocycles. The lowest BCUT2D eigenvalue weighted by Crippen LogP contribution is -2.37. The number of hydrogen-bond donors (Lipinski definition) is 1. The third-order valence-corrected chi connectivity index (χ3v) is 4.91. The number of amides is 1. The third kappa shape index (κ3) is 6.41. The molecule has 5 heteroatoms. The van der Waals surface area contributed by atoms with E-state index >= 15 is 0 Å². The van der Waals surface area contributed by atoms with E-state index in [2.05, 4.69) is 18.3 Å². The number of carbonyl (C=O) groups excluding carboxylic acids is 1. The van der Waals surface area contributed by atoms with Crippen molar-refractivity contribution >= 4 is 5.91 Å². The first kappa shape index (κ1) is 22.6. The van der Waals surface area contributed by atoms with Crippen molar-refractivity contribution in [2.75, 3.05) is 20.3 Å². The topological polar surface area (TPSA) is 56.8 Å². The SMILES string of the molecule is CCOc1ccc(CCCNC(=O)[C@@H](C)Oc2cc(C)cc(C)c2C)cc1OC. The Labute approximate surface area is 174 Å². The molecule has 0 bridgehead atoms. The monoisotopic (exact) mass is 399 g/mol. The zero-order valence-electron chi connectivity index (χ0n) is 18.4. The van der Waals surface area contributed by atoms with Crippen LogP contribution in [0, 0.1) is 20.8 Å². The molecule has 0 aliphatic carbocycles. The molecular weight excluding hydrogens is 366 g/mol. The van der Waals surface area contributed by atoms with Gasteiger partial charge in [0.1, 0.15) is 5.75 Å². The molecule has 0 aliphatic rings. The van der Waals surface area contributed by atoms with Crippen molar-refractivity contribution in [1.29, 1.82) is 0 Å². The highest BCUT2D eigenvalue weighted by atomic mass is 16.5. The molecule has 0 unspecified atom stereocenters. The molecule has 1 N–H and O–H groups in total. The van der Waals surface area contributed by atoms with Crippen LogP contribution >= 0.6 is 0 Å². The lowest BCUT2D eigenvalue weighted by atomic mass is 10.1. The van der Waals surface area contributed by atoms with E-state index in [0.29, 0.717) is 13.2 Å². The average molecular weight is 400 g/mol. The van der Waals surface area contributed by atoms with Crippen LogP contribution in [0.25, 0.3) is 0 Å². The van der Waals surface area contributed by atoms with Crippen molar-refractivity contribution in [3.63, 3.8) is 0 Å². The Morgan fingerprint density at radius 3 is 2.52 bits per heavy atom. The quantitative estimate of drug-likeness (QED) is 0.596. The van der Waals surface area contributed by atoms with Crippen molar-refractivity contribution in [3.8, 4) is 17.2 Å². The lowest BCUT2D eigenvalue weighted by Gasteiger charge is -2.18. The zero-order valence-corrected chi connectivity index (χ0v) is 18.4. The second-order valence-corrected chi connectivity index (χ2v) is 7.28. The molecule has 1 atom stereocenters. The number of aryl methyl sites for hydroxylation is 3. The van der Waals surface area contributed by atoms with E-state index in [1.54, 1.807) is 14.0 Å². The van der Waals surface area contributed by atoms with Crippen molar-refractivity contribution in [2.24, 2.45) is 0 Å². The van der Waals surface area contributed by atoms with Gasteiger partial charge in [-0.2, -0.15) is 0 Å². The van der Waals surface area contributed by atoms with E-state index in [0.717, 1.165) is 46.8 Å². The second kappa shape index (κ2) is 10.7. The molecule has 2 aromatic rings. The maximum absolute atomic E-state index is 12.4. The number of benzene rings is 2. The van der Waals surface area contributed by atoms with Gasteiger partial charge >= 0.3 is 0 Å². The Hall–Kier alpha value is -2.69. The van der Waals surface area contributed by atoms with E-state index in [1.165, 1.54) is 5.56 Å². The lowest BCUT2D eigenvalue weighted by molar-refractivity contribution is -0.127. The molecule has 1 amide bonds. The predicted octanol–water partition coefficient (Wildman–Crippen LogP) is 4.54. The van der Waals surface area contributed by atoms with E-state index < -0.39 is 6.10 Å². The number of carbonyl (C=O) groups is 1. The maximum Gasteiger partial charge on any atom is 0.260 e. The summed E-state index contributed by atoms with van der Waals surface area (Å²) in [5.41, 5.74) is 4.51. The van der Waals surface area contributed by atoms with Gasteiger partial charge in [0.15, 0.2) is 17.6 Å². The Kier molecular flexibility index (Phi) is 8.37. The minimum absolute atomic E-state index is 0.104. The first-order valence-corrected chi connectivity index (χ1v) is 10.2. The van der Waals surface area contributed by atoms with Gasteiger partial charge in [-0.15, -0.1) is 0 Å². The Bertz CT molecular complexity index is 832. The van der Waals surface area contributed by atoms with Crippen LogP contribution in [-0.4, -0.2) is 32.3 Å². The number of ether oxygens (including phenoxy) is 3. The van der Waals surface area contributed by atoms with Gasteiger partial charge in [0, 0.05) is 6.54 Å². The first-order valence-electron chi connectivity index (χ1n) is 10.2. The highest BCUT2D eigenvalue weighted by Crippen LogP contribution is 2.28. The summed E-state index contributed by atoms with van der Waals surface area (Å²) in [7, 11) is 1.64. The van der Waals surface area contributed by atoms with E-state index in [9.17, 15) is 4.79 Å². The predicted molar refractivity (Wildman–Crippen MR) is 116 cm³/mol. The molecule has 2 rings (SSSR count). The van der Waals surface area contributed by atoms with Crippen LogP contribution in [0.15, 0.2) is 30.3 Å². The molecule has 0 saturated heterocycles. The summed E-state index contributed by atoms with van der Waals surface area (Å²) in [6.07, 6.45) is 1.13. The van der Waals surface area contributed by atoms with Crippen molar-refractivity contribution in [1.82, 2.24) is 5.32 Å². The fourth-order valence-corrected chi connectivity index (χ4v) is 3.16. The summed E-state index contributed by atoms with van der Waals surface area (Å²) in [6, 6.07) is 10.0. The van der Waals surface area contributed by atoms with Crippen LogP contribution in [0.4, 0.5) is 0 Å². The standard InChI is InChI=1S/C24H33NO4/c1-7-28-21-11-10-20(15-23(21)27-6)9-8-12-25-24(26)19(5)29-22-14-16(2)13-17(3)18(22)4/h10-11,13-15,19H,7-9,12H2,1-6H3,(H,25,26)/t19-/m1/s1. The average Bonchev–Trinajstić information content (AvgIpc) is 2.69. The van der Waals surface area contributed by atoms with Crippen LogP contribution < -0.4 is 19.5 Å². The fraction of sp³-hybridized carbons (Fsp3) is 0.458. The molecule has 0 heterocycles. The van der Waals surface area contributed by atoms with Crippen molar-refractivity contribution < 1.29 is 19.0 Å². The maximum atomic E-state index is 12.4. The first-order chi connectivity index (χ1) is 13.8. The number of rotatable bonds is 10. The summed E-state index contributed by atoms with van der Waals surface area (Å²) >= 11 is 0. The van der Waals surface area contributed by atoms with Crippen LogP contribution in [0.5, 0.6) is 17.2 Å². The summed E-state index contributed by atoms with van der Waals surface area (Å²) in [5, 5.41) is 2.96. The summed E-state index contributed by atoms with van der Waals surface area (Å²) in [4.78, 5) is 12.4. The minimum atomic E-state index is -0.541. The molecule has 0 aromatic heterocycles.